The molecule has 33 heavy (non-hydrogen) atoms. The van der Waals surface area contributed by atoms with E-state index in [1.54, 1.807) is 0 Å². The third-order valence-corrected chi connectivity index (χ3v) is 5.92. The number of allylic oxidation sites excluding steroid dienone is 2. The highest BCUT2D eigenvalue weighted by Crippen LogP contribution is 2.32. The summed E-state index contributed by atoms with van der Waals surface area (Å²) in [7, 11) is 0. The Morgan fingerprint density at radius 1 is 0.879 bits per heavy atom. The normalized spacial score (nSPS) is 14.3. The molecule has 0 amide bonds. The number of ether oxygens (including phenoxy) is 1. The predicted molar refractivity (Wildman–Crippen MR) is 138 cm³/mol. The fraction of sp³-hybridized carbons (Fsp3) is 0.207. The lowest BCUT2D eigenvalue weighted by atomic mass is 10.1. The third kappa shape index (κ3) is 5.01. The van der Waals surface area contributed by atoms with Crippen LogP contribution in [0.25, 0.3) is 28.4 Å². The number of hydrogen-bond donors (Lipinski definition) is 2. The molecule has 5 rings (SSSR count). The highest BCUT2D eigenvalue weighted by atomic mass is 16.5. The molecular formula is C29H29N3O. The molecule has 2 aromatic heterocycles. The minimum absolute atomic E-state index is 0.516. The fourth-order valence-corrected chi connectivity index (χ4v) is 4.12. The Hall–Kier alpha value is -3.79. The number of benzene rings is 2. The van der Waals surface area contributed by atoms with Crippen molar-refractivity contribution in [1.29, 1.82) is 0 Å². The number of hydrogen-bond acceptors (Lipinski definition) is 2. The van der Waals surface area contributed by atoms with Gasteiger partial charge in [0.2, 0.25) is 0 Å². The Bertz CT molecular complexity index is 1290. The van der Waals surface area contributed by atoms with Crippen LogP contribution >= 0.6 is 0 Å². The van der Waals surface area contributed by atoms with Gasteiger partial charge < -0.3 is 14.7 Å². The number of unbranched alkanes of at least 4 members (excludes halogenated alkanes) is 2. The summed E-state index contributed by atoms with van der Waals surface area (Å²) >= 11 is 0. The van der Waals surface area contributed by atoms with Crippen molar-refractivity contribution in [2.24, 2.45) is 4.99 Å². The molecule has 0 saturated carbocycles. The zero-order valence-electron chi connectivity index (χ0n) is 19.0. The van der Waals surface area contributed by atoms with Crippen molar-refractivity contribution in [3.05, 3.63) is 95.8 Å². The maximum Gasteiger partial charge on any atom is 0.145 e. The van der Waals surface area contributed by atoms with Crippen LogP contribution in [-0.2, 0) is 6.61 Å². The fourth-order valence-electron chi connectivity index (χ4n) is 4.12. The van der Waals surface area contributed by atoms with Gasteiger partial charge in [-0.25, -0.2) is 0 Å². The SMILES string of the molecule is CCCCCC1=N/C(=C/c2[nH]c(-c3cc4ccccc4[nH]3)cc2OCc2ccccc2)C=C1. The lowest BCUT2D eigenvalue weighted by molar-refractivity contribution is 0.306. The van der Waals surface area contributed by atoms with Crippen LogP contribution in [0.1, 0.15) is 43.9 Å². The summed E-state index contributed by atoms with van der Waals surface area (Å²) in [6.07, 6.45) is 11.0. The standard InChI is InChI=1S/C29H29N3O/c1-2-3-5-13-23-15-16-24(30-23)18-28-29(33-20-21-10-6-4-7-11-21)19-27(32-28)26-17-22-12-8-9-14-25(22)31-26/h4,6-12,14-19,31-32H,2-3,5,13,20H2,1H3/b24-18+. The first-order valence-electron chi connectivity index (χ1n) is 11.7. The molecule has 166 valence electrons. The van der Waals surface area contributed by atoms with E-state index in [0.717, 1.165) is 51.7 Å². The topological polar surface area (TPSA) is 53.2 Å². The van der Waals surface area contributed by atoms with Crippen molar-refractivity contribution >= 4 is 22.7 Å². The van der Waals surface area contributed by atoms with Crippen LogP contribution in [0.4, 0.5) is 0 Å². The summed E-state index contributed by atoms with van der Waals surface area (Å²) < 4.78 is 6.25. The van der Waals surface area contributed by atoms with Gasteiger partial charge in [0.1, 0.15) is 12.4 Å². The molecule has 4 heteroatoms. The Kier molecular flexibility index (Phi) is 6.25. The van der Waals surface area contributed by atoms with Crippen LogP contribution in [0.3, 0.4) is 0 Å². The minimum Gasteiger partial charge on any atom is -0.487 e. The molecule has 1 aliphatic heterocycles. The number of nitrogens with one attached hydrogen (secondary N) is 2. The van der Waals surface area contributed by atoms with Gasteiger partial charge in [0.25, 0.3) is 0 Å². The summed E-state index contributed by atoms with van der Waals surface area (Å²) in [5.41, 5.74) is 7.33. The summed E-state index contributed by atoms with van der Waals surface area (Å²) in [5.74, 6) is 0.822. The second-order valence-corrected chi connectivity index (χ2v) is 8.47. The quantitative estimate of drug-likeness (QED) is 0.260. The molecule has 0 fully saturated rings. The van der Waals surface area contributed by atoms with Gasteiger partial charge in [0.05, 0.1) is 22.8 Å². The number of para-hydroxylation sites is 1. The molecule has 3 heterocycles. The van der Waals surface area contributed by atoms with E-state index in [9.17, 15) is 0 Å². The molecule has 1 aliphatic rings. The van der Waals surface area contributed by atoms with Gasteiger partial charge >= 0.3 is 0 Å². The number of rotatable bonds is 9. The molecule has 4 aromatic rings. The van der Waals surface area contributed by atoms with Crippen molar-refractivity contribution in [2.75, 3.05) is 0 Å². The molecular weight excluding hydrogens is 406 g/mol. The summed E-state index contributed by atoms with van der Waals surface area (Å²) in [6.45, 7) is 2.74. The zero-order valence-corrected chi connectivity index (χ0v) is 19.0. The second kappa shape index (κ2) is 9.78. The molecule has 2 N–H and O–H groups in total. The van der Waals surface area contributed by atoms with Crippen molar-refractivity contribution in [2.45, 2.75) is 39.2 Å². The number of nitrogens with zero attached hydrogens (tertiary/aromatic N) is 1. The summed E-state index contributed by atoms with van der Waals surface area (Å²) in [4.78, 5) is 11.9. The summed E-state index contributed by atoms with van der Waals surface area (Å²) in [5, 5.41) is 1.19. The molecule has 0 bridgehead atoms. The van der Waals surface area contributed by atoms with Crippen molar-refractivity contribution in [1.82, 2.24) is 9.97 Å². The van der Waals surface area contributed by atoms with Gasteiger partial charge in [-0.3, -0.25) is 4.99 Å². The van der Waals surface area contributed by atoms with Gasteiger partial charge in [-0.05, 0) is 48.8 Å². The van der Waals surface area contributed by atoms with Crippen molar-refractivity contribution < 1.29 is 4.74 Å². The van der Waals surface area contributed by atoms with Crippen LogP contribution < -0.4 is 4.74 Å². The van der Waals surface area contributed by atoms with Gasteiger partial charge in [-0.2, -0.15) is 0 Å². The average Bonchev–Trinajstić information content (AvgIpc) is 3.57. The lowest BCUT2D eigenvalue weighted by Crippen LogP contribution is -1.95. The van der Waals surface area contributed by atoms with Crippen LogP contribution in [-0.4, -0.2) is 15.7 Å². The van der Waals surface area contributed by atoms with E-state index in [1.807, 2.05) is 24.3 Å². The first-order valence-corrected chi connectivity index (χ1v) is 11.7. The maximum absolute atomic E-state index is 6.25. The molecule has 4 nitrogen and oxygen atoms in total. The molecule has 0 radical (unpaired) electrons. The molecule has 2 aromatic carbocycles. The zero-order chi connectivity index (χ0) is 22.5. The Balaban J connectivity index is 1.44. The van der Waals surface area contributed by atoms with E-state index in [4.69, 9.17) is 9.73 Å². The van der Waals surface area contributed by atoms with Crippen LogP contribution in [0.2, 0.25) is 0 Å². The van der Waals surface area contributed by atoms with Crippen molar-refractivity contribution in [3.8, 4) is 17.1 Å². The number of aliphatic imine (C=N–C) groups is 1. The molecule has 0 saturated heterocycles. The van der Waals surface area contributed by atoms with Gasteiger partial charge in [-0.15, -0.1) is 0 Å². The van der Waals surface area contributed by atoms with Gasteiger partial charge in [-0.1, -0.05) is 68.3 Å². The average molecular weight is 436 g/mol. The number of aromatic nitrogens is 2. The van der Waals surface area contributed by atoms with E-state index in [0.29, 0.717) is 6.61 Å². The second-order valence-electron chi connectivity index (χ2n) is 8.47. The summed E-state index contributed by atoms with van der Waals surface area (Å²) in [6, 6.07) is 22.8. The molecule has 0 atom stereocenters. The maximum atomic E-state index is 6.25. The molecule has 0 aliphatic carbocycles. The smallest absolute Gasteiger partial charge is 0.145 e. The van der Waals surface area contributed by atoms with E-state index in [2.05, 4.69) is 77.6 Å². The van der Waals surface area contributed by atoms with Crippen LogP contribution in [0, 0.1) is 0 Å². The predicted octanol–water partition coefficient (Wildman–Crippen LogP) is 7.67. The largest absolute Gasteiger partial charge is 0.487 e. The number of fused-ring (bicyclic) bond motifs is 1. The monoisotopic (exact) mass is 435 g/mol. The Morgan fingerprint density at radius 3 is 2.55 bits per heavy atom. The van der Waals surface area contributed by atoms with Crippen LogP contribution in [0.15, 0.2) is 89.6 Å². The first kappa shape index (κ1) is 21.1. The minimum atomic E-state index is 0.516. The third-order valence-electron chi connectivity index (χ3n) is 5.92. The molecule has 0 spiro atoms. The van der Waals surface area contributed by atoms with Crippen LogP contribution in [0.5, 0.6) is 5.75 Å². The highest BCUT2D eigenvalue weighted by Gasteiger charge is 2.13. The van der Waals surface area contributed by atoms with E-state index < -0.39 is 0 Å². The van der Waals surface area contributed by atoms with Gasteiger partial charge in [0.15, 0.2) is 0 Å². The van der Waals surface area contributed by atoms with Crippen molar-refractivity contribution in [3.63, 3.8) is 0 Å². The first-order chi connectivity index (χ1) is 16.3. The Labute approximate surface area is 194 Å². The van der Waals surface area contributed by atoms with Gasteiger partial charge in [0, 0.05) is 22.7 Å². The lowest BCUT2D eigenvalue weighted by Gasteiger charge is -2.05. The molecule has 0 unspecified atom stereocenters. The van der Waals surface area contributed by atoms with E-state index >= 15 is 0 Å². The highest BCUT2D eigenvalue weighted by molar-refractivity contribution is 5.99. The van der Waals surface area contributed by atoms with E-state index in [1.165, 1.54) is 24.6 Å². The van der Waals surface area contributed by atoms with E-state index in [-0.39, 0.29) is 0 Å². The Morgan fingerprint density at radius 2 is 1.70 bits per heavy atom. The number of H-pyrrole nitrogens is 2. The number of aromatic amines is 2.